The van der Waals surface area contributed by atoms with Crippen LogP contribution < -0.4 is 5.73 Å². The Bertz CT molecular complexity index is 297. The van der Waals surface area contributed by atoms with Crippen molar-refractivity contribution < 1.29 is 18.3 Å². The third-order valence-corrected chi connectivity index (χ3v) is 1.66. The Morgan fingerprint density at radius 1 is 1.57 bits per heavy atom. The van der Waals surface area contributed by atoms with E-state index in [-0.39, 0.29) is 5.69 Å². The third kappa shape index (κ3) is 2.71. The second kappa shape index (κ2) is 3.97. The van der Waals surface area contributed by atoms with Gasteiger partial charge in [0.05, 0.1) is 18.3 Å². The molecule has 0 bridgehead atoms. The van der Waals surface area contributed by atoms with Crippen molar-refractivity contribution in [3.8, 4) is 0 Å². The molecule has 3 N–H and O–H groups in total. The largest absolute Gasteiger partial charge is 0.408 e. The summed E-state index contributed by atoms with van der Waals surface area (Å²) >= 11 is 0. The van der Waals surface area contributed by atoms with Crippen molar-refractivity contribution >= 4 is 0 Å². The van der Waals surface area contributed by atoms with Gasteiger partial charge in [0.2, 0.25) is 0 Å². The summed E-state index contributed by atoms with van der Waals surface area (Å²) in [6.45, 7) is -1.60. The fourth-order valence-corrected chi connectivity index (χ4v) is 1.05. The first-order chi connectivity index (χ1) is 6.44. The zero-order chi connectivity index (χ0) is 10.8. The zero-order valence-corrected chi connectivity index (χ0v) is 7.20. The SMILES string of the molecule is NC(CO)c1ccnn1CC(F)(F)F. The Hall–Kier alpha value is -1.08. The first kappa shape index (κ1) is 11.0. The van der Waals surface area contributed by atoms with Crippen LogP contribution in [0.4, 0.5) is 13.2 Å². The molecule has 1 rings (SSSR count). The first-order valence-electron chi connectivity index (χ1n) is 3.89. The molecule has 1 aromatic heterocycles. The highest BCUT2D eigenvalue weighted by Gasteiger charge is 2.29. The van der Waals surface area contributed by atoms with Gasteiger partial charge in [0, 0.05) is 6.20 Å². The van der Waals surface area contributed by atoms with Crippen molar-refractivity contribution in [2.24, 2.45) is 5.73 Å². The third-order valence-electron chi connectivity index (χ3n) is 1.66. The molecule has 80 valence electrons. The quantitative estimate of drug-likeness (QED) is 0.759. The molecule has 0 aromatic carbocycles. The number of rotatable bonds is 3. The molecule has 1 heterocycles. The van der Waals surface area contributed by atoms with E-state index in [9.17, 15) is 13.2 Å². The minimum absolute atomic E-state index is 0.171. The second-order valence-corrected chi connectivity index (χ2v) is 2.82. The summed E-state index contributed by atoms with van der Waals surface area (Å²) in [6, 6.07) is 0.520. The maximum atomic E-state index is 12.0. The molecule has 0 aliphatic heterocycles. The lowest BCUT2D eigenvalue weighted by molar-refractivity contribution is -0.143. The van der Waals surface area contributed by atoms with Crippen molar-refractivity contribution in [3.63, 3.8) is 0 Å². The van der Waals surface area contributed by atoms with Gasteiger partial charge in [-0.1, -0.05) is 0 Å². The molecule has 0 fully saturated rings. The van der Waals surface area contributed by atoms with Crippen molar-refractivity contribution in [1.29, 1.82) is 0 Å². The van der Waals surface area contributed by atoms with Crippen LogP contribution in [0.2, 0.25) is 0 Å². The van der Waals surface area contributed by atoms with Crippen LogP contribution in [-0.2, 0) is 6.54 Å². The van der Waals surface area contributed by atoms with Crippen LogP contribution in [0.1, 0.15) is 11.7 Å². The van der Waals surface area contributed by atoms with Gasteiger partial charge >= 0.3 is 6.18 Å². The van der Waals surface area contributed by atoms with Gasteiger partial charge in [-0.05, 0) is 6.07 Å². The molecule has 14 heavy (non-hydrogen) atoms. The molecule has 0 saturated carbocycles. The number of hydrogen-bond acceptors (Lipinski definition) is 3. The molecule has 0 amide bonds. The summed E-state index contributed by atoms with van der Waals surface area (Å²) in [5, 5.41) is 12.2. The van der Waals surface area contributed by atoms with Crippen LogP contribution in [0.5, 0.6) is 0 Å². The number of aliphatic hydroxyl groups is 1. The summed E-state index contributed by atoms with van der Waals surface area (Å²) in [7, 11) is 0. The number of halogens is 3. The van der Waals surface area contributed by atoms with Gasteiger partial charge < -0.3 is 10.8 Å². The average Bonchev–Trinajstić information content (AvgIpc) is 2.48. The van der Waals surface area contributed by atoms with Crippen LogP contribution in [-0.4, -0.2) is 27.7 Å². The van der Waals surface area contributed by atoms with Gasteiger partial charge in [0.25, 0.3) is 0 Å². The van der Waals surface area contributed by atoms with Gasteiger partial charge in [0.15, 0.2) is 0 Å². The summed E-state index contributed by atoms with van der Waals surface area (Å²) < 4.78 is 36.7. The molecule has 0 spiro atoms. The van der Waals surface area contributed by atoms with E-state index in [0.29, 0.717) is 0 Å². The maximum absolute atomic E-state index is 12.0. The van der Waals surface area contributed by atoms with Gasteiger partial charge in [-0.3, -0.25) is 4.68 Å². The van der Waals surface area contributed by atoms with Gasteiger partial charge in [0.1, 0.15) is 6.54 Å². The highest BCUT2D eigenvalue weighted by molar-refractivity contribution is 5.06. The Morgan fingerprint density at radius 2 is 2.21 bits per heavy atom. The number of aromatic nitrogens is 2. The molecule has 4 nitrogen and oxygen atoms in total. The predicted molar refractivity (Wildman–Crippen MR) is 42.3 cm³/mol. The molecule has 0 saturated heterocycles. The Morgan fingerprint density at radius 3 is 2.71 bits per heavy atom. The highest BCUT2D eigenvalue weighted by atomic mass is 19.4. The Labute approximate surface area is 78.1 Å². The van der Waals surface area contributed by atoms with Crippen LogP contribution >= 0.6 is 0 Å². The topological polar surface area (TPSA) is 64.1 Å². The smallest absolute Gasteiger partial charge is 0.394 e. The first-order valence-corrected chi connectivity index (χ1v) is 3.89. The van der Waals surface area contributed by atoms with E-state index < -0.39 is 25.4 Å². The molecule has 7 heteroatoms. The van der Waals surface area contributed by atoms with E-state index in [1.54, 1.807) is 0 Å². The summed E-state index contributed by atoms with van der Waals surface area (Å²) in [5.41, 5.74) is 5.55. The van der Waals surface area contributed by atoms with Crippen LogP contribution in [0.25, 0.3) is 0 Å². The van der Waals surface area contributed by atoms with Crippen molar-refractivity contribution in [3.05, 3.63) is 18.0 Å². The van der Waals surface area contributed by atoms with Crippen LogP contribution in [0, 0.1) is 0 Å². The zero-order valence-electron chi connectivity index (χ0n) is 7.20. The lowest BCUT2D eigenvalue weighted by Gasteiger charge is -2.13. The fraction of sp³-hybridized carbons (Fsp3) is 0.571. The predicted octanol–water partition coefficient (Wildman–Crippen LogP) is 0.437. The van der Waals surface area contributed by atoms with E-state index in [0.717, 1.165) is 4.68 Å². The second-order valence-electron chi connectivity index (χ2n) is 2.82. The van der Waals surface area contributed by atoms with Gasteiger partial charge in [-0.25, -0.2) is 0 Å². The van der Waals surface area contributed by atoms with E-state index in [2.05, 4.69) is 5.10 Å². The summed E-state index contributed by atoms with van der Waals surface area (Å²) in [6.07, 6.45) is -3.12. The Kier molecular flexibility index (Phi) is 3.12. The minimum Gasteiger partial charge on any atom is -0.394 e. The van der Waals surface area contributed by atoms with Crippen molar-refractivity contribution in [1.82, 2.24) is 9.78 Å². The molecule has 0 radical (unpaired) electrons. The van der Waals surface area contributed by atoms with E-state index >= 15 is 0 Å². The number of hydrogen-bond donors (Lipinski definition) is 2. The molecular weight excluding hydrogens is 199 g/mol. The van der Waals surface area contributed by atoms with Crippen molar-refractivity contribution in [2.45, 2.75) is 18.8 Å². The molecule has 0 aliphatic rings. The van der Waals surface area contributed by atoms with Gasteiger partial charge in [-0.15, -0.1) is 0 Å². The molecular formula is C7H10F3N3O. The van der Waals surface area contributed by atoms with Gasteiger partial charge in [-0.2, -0.15) is 18.3 Å². The van der Waals surface area contributed by atoms with Crippen LogP contribution in [0.15, 0.2) is 12.3 Å². The van der Waals surface area contributed by atoms with Crippen LogP contribution in [0.3, 0.4) is 0 Å². The lowest BCUT2D eigenvalue weighted by Crippen LogP contribution is -2.25. The fourth-order valence-electron chi connectivity index (χ4n) is 1.05. The normalized spacial score (nSPS) is 14.4. The van der Waals surface area contributed by atoms with E-state index in [1.807, 2.05) is 0 Å². The van der Waals surface area contributed by atoms with Crippen molar-refractivity contribution in [2.75, 3.05) is 6.61 Å². The van der Waals surface area contributed by atoms with E-state index in [1.165, 1.54) is 12.3 Å². The molecule has 0 aliphatic carbocycles. The molecule has 1 unspecified atom stereocenters. The Balaban J connectivity index is 2.82. The number of nitrogens with two attached hydrogens (primary N) is 1. The highest BCUT2D eigenvalue weighted by Crippen LogP contribution is 2.19. The number of aliphatic hydroxyl groups excluding tert-OH is 1. The monoisotopic (exact) mass is 209 g/mol. The van der Waals surface area contributed by atoms with E-state index in [4.69, 9.17) is 10.8 Å². The lowest BCUT2D eigenvalue weighted by atomic mass is 10.2. The average molecular weight is 209 g/mol. The summed E-state index contributed by atoms with van der Waals surface area (Å²) in [4.78, 5) is 0. The molecule has 1 atom stereocenters. The minimum atomic E-state index is -4.34. The number of alkyl halides is 3. The maximum Gasteiger partial charge on any atom is 0.408 e. The molecule has 1 aromatic rings. The summed E-state index contributed by atoms with van der Waals surface area (Å²) in [5.74, 6) is 0. The standard InChI is InChI=1S/C7H10F3N3O/c8-7(9,10)4-13-6(1-2-12-13)5(11)3-14/h1-2,5,14H,3-4,11H2. The number of nitrogens with zero attached hydrogens (tertiary/aromatic N) is 2.